The minimum Gasteiger partial charge on any atom is -0.393 e. The fourth-order valence-electron chi connectivity index (χ4n) is 3.98. The van der Waals surface area contributed by atoms with Crippen LogP contribution in [-0.4, -0.2) is 34.7 Å². The van der Waals surface area contributed by atoms with E-state index in [9.17, 15) is 23.1 Å². The summed E-state index contributed by atoms with van der Waals surface area (Å²) in [5.74, 6) is -0.626. The van der Waals surface area contributed by atoms with Crippen LogP contribution in [-0.2, 0) is 12.7 Å². The van der Waals surface area contributed by atoms with Crippen LogP contribution in [0, 0.1) is 0 Å². The number of fused-ring (bicyclic) bond motifs is 1. The fourth-order valence-corrected chi connectivity index (χ4v) is 4.80. The zero-order chi connectivity index (χ0) is 23.8. The second-order valence-corrected chi connectivity index (χ2v) is 9.05. The summed E-state index contributed by atoms with van der Waals surface area (Å²) in [6.45, 7) is 2.34. The molecule has 0 spiro atoms. The van der Waals surface area contributed by atoms with Crippen molar-refractivity contribution in [3.05, 3.63) is 70.9 Å². The number of alkyl halides is 3. The number of aliphatic hydroxyl groups is 1. The van der Waals surface area contributed by atoms with E-state index in [1.807, 2.05) is 12.1 Å². The monoisotopic (exact) mass is 476 g/mol. The van der Waals surface area contributed by atoms with Gasteiger partial charge in [-0.1, -0.05) is 29.5 Å². The normalized spacial score (nSPS) is 16.1. The van der Waals surface area contributed by atoms with Gasteiger partial charge in [0.15, 0.2) is 5.13 Å². The van der Waals surface area contributed by atoms with E-state index in [1.165, 1.54) is 23.5 Å². The third-order valence-electron chi connectivity index (χ3n) is 5.67. The molecule has 2 aromatic carbocycles. The molecule has 1 unspecified atom stereocenters. The number of carbonyl (C=O) groups is 1. The maximum Gasteiger partial charge on any atom is 0.416 e. The summed E-state index contributed by atoms with van der Waals surface area (Å²) in [5.41, 5.74) is 8.67. The van der Waals surface area contributed by atoms with Gasteiger partial charge in [0, 0.05) is 36.8 Å². The van der Waals surface area contributed by atoms with E-state index in [-0.39, 0.29) is 12.5 Å². The Bertz CT molecular complexity index is 1150. The van der Waals surface area contributed by atoms with Crippen molar-refractivity contribution in [2.45, 2.75) is 37.7 Å². The van der Waals surface area contributed by atoms with Gasteiger partial charge >= 0.3 is 6.18 Å². The number of benzene rings is 2. The van der Waals surface area contributed by atoms with Crippen LogP contribution < -0.4 is 16.4 Å². The number of carbonyl (C=O) groups excluding carboxylic acids is 1. The maximum absolute atomic E-state index is 12.8. The number of nitrogens with two attached hydrogens (primary N) is 1. The van der Waals surface area contributed by atoms with Gasteiger partial charge < -0.3 is 21.5 Å². The Labute approximate surface area is 192 Å². The lowest BCUT2D eigenvalue weighted by atomic mass is 9.87. The van der Waals surface area contributed by atoms with E-state index in [4.69, 9.17) is 5.73 Å². The zero-order valence-corrected chi connectivity index (χ0v) is 18.5. The minimum absolute atomic E-state index is 0.0714. The van der Waals surface area contributed by atoms with Gasteiger partial charge in [0.25, 0.3) is 5.91 Å². The third-order valence-corrected chi connectivity index (χ3v) is 6.68. The number of nitrogens with one attached hydrogen (secondary N) is 2. The number of hydrogen-bond acceptors (Lipinski definition) is 6. The van der Waals surface area contributed by atoms with Gasteiger partial charge in [0.2, 0.25) is 0 Å². The first-order valence-electron chi connectivity index (χ1n) is 10.4. The van der Waals surface area contributed by atoms with Crippen molar-refractivity contribution in [3.8, 4) is 10.4 Å². The minimum atomic E-state index is -4.42. The van der Waals surface area contributed by atoms with Crippen LogP contribution in [0.1, 0.15) is 39.9 Å². The summed E-state index contributed by atoms with van der Waals surface area (Å²) in [5, 5.41) is 16.8. The summed E-state index contributed by atoms with van der Waals surface area (Å²) in [4.78, 5) is 17.0. The third kappa shape index (κ3) is 5.02. The maximum atomic E-state index is 12.8. The quantitative estimate of drug-likeness (QED) is 0.413. The van der Waals surface area contributed by atoms with Crippen LogP contribution in [0.25, 0.3) is 10.4 Å². The molecule has 4 rings (SSSR count). The topological polar surface area (TPSA) is 100 Å². The highest BCUT2D eigenvalue weighted by Crippen LogP contribution is 2.33. The van der Waals surface area contributed by atoms with Crippen molar-refractivity contribution in [2.24, 2.45) is 5.73 Å². The average Bonchev–Trinajstić information content (AvgIpc) is 3.38. The largest absolute Gasteiger partial charge is 0.416 e. The number of thiazole rings is 1. The molecule has 0 aliphatic carbocycles. The summed E-state index contributed by atoms with van der Waals surface area (Å²) >= 11 is 1.42. The van der Waals surface area contributed by atoms with Gasteiger partial charge in [-0.05, 0) is 47.9 Å². The zero-order valence-electron chi connectivity index (χ0n) is 17.7. The highest BCUT2D eigenvalue weighted by atomic mass is 32.1. The van der Waals surface area contributed by atoms with Gasteiger partial charge in [0.1, 0.15) is 0 Å². The van der Waals surface area contributed by atoms with Crippen molar-refractivity contribution in [1.29, 1.82) is 0 Å². The lowest BCUT2D eigenvalue weighted by Crippen LogP contribution is -2.40. The average molecular weight is 477 g/mol. The number of halogens is 3. The van der Waals surface area contributed by atoms with Crippen LogP contribution >= 0.6 is 11.3 Å². The van der Waals surface area contributed by atoms with Gasteiger partial charge in [-0.15, -0.1) is 0 Å². The van der Waals surface area contributed by atoms with Crippen LogP contribution in [0.4, 0.5) is 18.3 Å². The SMILES string of the molecule is CC(O)[C@@H](c1ccc(C(F)(F)F)cc1)[C@H](N)CNc1ncc(-c2ccc3c(c2)CNC3=O)s1. The number of aromatic nitrogens is 1. The van der Waals surface area contributed by atoms with Gasteiger partial charge in [-0.2, -0.15) is 13.2 Å². The lowest BCUT2D eigenvalue weighted by Gasteiger charge is -2.27. The predicted molar refractivity (Wildman–Crippen MR) is 121 cm³/mol. The molecule has 0 saturated carbocycles. The molecular formula is C23H23F3N4O2S. The van der Waals surface area contributed by atoms with Crippen LogP contribution in [0.5, 0.6) is 0 Å². The highest BCUT2D eigenvalue weighted by molar-refractivity contribution is 7.18. The lowest BCUT2D eigenvalue weighted by molar-refractivity contribution is -0.137. The summed E-state index contributed by atoms with van der Waals surface area (Å²) in [6, 6.07) is 9.78. The van der Waals surface area contributed by atoms with Crippen molar-refractivity contribution in [2.75, 3.05) is 11.9 Å². The summed E-state index contributed by atoms with van der Waals surface area (Å²) < 4.78 is 38.5. The second-order valence-electron chi connectivity index (χ2n) is 8.02. The van der Waals surface area contributed by atoms with E-state index in [2.05, 4.69) is 15.6 Å². The number of nitrogens with zero attached hydrogens (tertiary/aromatic N) is 1. The molecule has 3 aromatic rings. The fraction of sp³-hybridized carbons (Fsp3) is 0.304. The van der Waals surface area contributed by atoms with Gasteiger partial charge in [-0.25, -0.2) is 4.98 Å². The molecule has 1 aliphatic rings. The van der Waals surface area contributed by atoms with Crippen molar-refractivity contribution in [1.82, 2.24) is 10.3 Å². The number of hydrogen-bond donors (Lipinski definition) is 4. The summed E-state index contributed by atoms with van der Waals surface area (Å²) in [7, 11) is 0. The van der Waals surface area contributed by atoms with E-state index < -0.39 is 29.8 Å². The van der Waals surface area contributed by atoms with Crippen molar-refractivity contribution >= 4 is 22.4 Å². The molecule has 6 nitrogen and oxygen atoms in total. The van der Waals surface area contributed by atoms with E-state index in [0.717, 1.165) is 28.1 Å². The molecule has 1 aromatic heterocycles. The number of aliphatic hydroxyl groups excluding tert-OH is 1. The molecule has 5 N–H and O–H groups in total. The Balaban J connectivity index is 1.43. The molecule has 0 saturated heterocycles. The first-order chi connectivity index (χ1) is 15.6. The van der Waals surface area contributed by atoms with Gasteiger partial charge in [0.05, 0.1) is 16.5 Å². The van der Waals surface area contributed by atoms with E-state index in [0.29, 0.717) is 22.8 Å². The van der Waals surface area contributed by atoms with Crippen LogP contribution in [0.2, 0.25) is 0 Å². The number of rotatable bonds is 7. The Morgan fingerprint density at radius 2 is 1.97 bits per heavy atom. The molecule has 33 heavy (non-hydrogen) atoms. The molecule has 1 amide bonds. The molecule has 0 radical (unpaired) electrons. The second kappa shape index (κ2) is 9.12. The number of anilines is 1. The molecule has 0 bridgehead atoms. The first-order valence-corrected chi connectivity index (χ1v) is 11.2. The van der Waals surface area contributed by atoms with Crippen molar-refractivity contribution in [3.63, 3.8) is 0 Å². The summed E-state index contributed by atoms with van der Waals surface area (Å²) in [6.07, 6.45) is -3.55. The molecule has 10 heteroatoms. The molecule has 174 valence electrons. The standard InChI is InChI=1S/C23H23F3N4O2S/c1-12(31)20(13-2-5-16(6-3-13)23(24,25)26)18(27)10-29-22-30-11-19(33-22)14-4-7-17-15(8-14)9-28-21(17)32/h2-8,11-12,18,20,31H,9-10,27H2,1H3,(H,28,32)(H,29,30)/t12?,18-,20+/m1/s1. The smallest absolute Gasteiger partial charge is 0.393 e. The highest BCUT2D eigenvalue weighted by Gasteiger charge is 2.31. The van der Waals surface area contributed by atoms with Crippen LogP contribution in [0.3, 0.4) is 0 Å². The molecule has 0 fully saturated rings. The number of amides is 1. The first kappa shape index (κ1) is 23.2. The Kier molecular flexibility index (Phi) is 6.42. The molecule has 3 atom stereocenters. The van der Waals surface area contributed by atoms with Crippen LogP contribution in [0.15, 0.2) is 48.7 Å². The Hall–Kier alpha value is -2.95. The van der Waals surface area contributed by atoms with E-state index >= 15 is 0 Å². The Morgan fingerprint density at radius 3 is 2.64 bits per heavy atom. The Morgan fingerprint density at radius 1 is 1.24 bits per heavy atom. The molecule has 2 heterocycles. The predicted octanol–water partition coefficient (Wildman–Crippen LogP) is 3.98. The van der Waals surface area contributed by atoms with Gasteiger partial charge in [-0.3, -0.25) is 4.79 Å². The molecule has 1 aliphatic heterocycles. The van der Waals surface area contributed by atoms with Crippen molar-refractivity contribution < 1.29 is 23.1 Å². The molecular weight excluding hydrogens is 453 g/mol. The van der Waals surface area contributed by atoms with E-state index in [1.54, 1.807) is 19.2 Å².